The van der Waals surface area contributed by atoms with E-state index in [0.29, 0.717) is 0 Å². The molecule has 0 saturated carbocycles. The van der Waals surface area contributed by atoms with E-state index >= 15 is 0 Å². The molecule has 0 unspecified atom stereocenters. The lowest BCUT2D eigenvalue weighted by Gasteiger charge is -2.21. The van der Waals surface area contributed by atoms with E-state index in [9.17, 15) is 0 Å². The number of unbranched alkanes of at least 4 members (excludes halogenated alkanes) is 1. The maximum Gasteiger partial charge on any atom is 0.0327 e. The van der Waals surface area contributed by atoms with Gasteiger partial charge in [-0.3, -0.25) is 0 Å². The number of fused-ring (bicyclic) bond motifs is 1. The monoisotopic (exact) mass is 211 g/mol. The number of hydrogen-bond donors (Lipinski definition) is 0. The molecule has 0 radical (unpaired) electrons. The highest BCUT2D eigenvalue weighted by Gasteiger charge is 2.12. The maximum atomic E-state index is 2.37. The molecule has 1 aromatic heterocycles. The van der Waals surface area contributed by atoms with E-state index < -0.39 is 0 Å². The minimum Gasteiger partial charge on any atom is -0.301 e. The maximum absolute atomic E-state index is 2.37. The lowest BCUT2D eigenvalue weighted by Crippen LogP contribution is -2.24. The van der Waals surface area contributed by atoms with Crippen molar-refractivity contribution >= 4 is 11.3 Å². The molecular formula is C12H21NS. The fraction of sp³-hybridized carbons (Fsp3) is 0.667. The van der Waals surface area contributed by atoms with Gasteiger partial charge in [0.15, 0.2) is 0 Å². The molecule has 1 nitrogen and oxygen atoms in total. The molecule has 14 heavy (non-hydrogen) atoms. The van der Waals surface area contributed by atoms with Crippen molar-refractivity contribution in [2.24, 2.45) is 0 Å². The largest absolute Gasteiger partial charge is 0.301 e. The van der Waals surface area contributed by atoms with Crippen LogP contribution in [0.3, 0.4) is 0 Å². The van der Waals surface area contributed by atoms with E-state index in [2.05, 4.69) is 37.2 Å². The van der Waals surface area contributed by atoms with E-state index in [0.717, 1.165) is 6.54 Å². The van der Waals surface area contributed by atoms with Crippen molar-refractivity contribution in [2.45, 2.75) is 39.7 Å². The molecule has 1 aromatic rings. The molecule has 2 rings (SSSR count). The van der Waals surface area contributed by atoms with E-state index in [1.165, 1.54) is 25.8 Å². The minimum absolute atomic E-state index is 1.16. The molecule has 0 aromatic carbocycles. The van der Waals surface area contributed by atoms with E-state index in [1.54, 1.807) is 10.4 Å². The zero-order valence-electron chi connectivity index (χ0n) is 9.55. The quantitative estimate of drug-likeness (QED) is 0.687. The fourth-order valence-electron chi connectivity index (χ4n) is 1.36. The lowest BCUT2D eigenvalue weighted by molar-refractivity contribution is 0.317. The predicted molar refractivity (Wildman–Crippen MR) is 64.9 cm³/mol. The van der Waals surface area contributed by atoms with Gasteiger partial charge in [-0.15, -0.1) is 11.3 Å². The van der Waals surface area contributed by atoms with Crippen LogP contribution in [0.4, 0.5) is 0 Å². The highest BCUT2D eigenvalue weighted by Crippen LogP contribution is 2.22. The van der Waals surface area contributed by atoms with Gasteiger partial charge < -0.3 is 4.90 Å². The van der Waals surface area contributed by atoms with Crippen LogP contribution >= 0.6 is 11.3 Å². The van der Waals surface area contributed by atoms with E-state index in [-0.39, 0.29) is 0 Å². The Balaban J connectivity index is 0.000000213. The van der Waals surface area contributed by atoms with Crippen LogP contribution < -0.4 is 0 Å². The minimum atomic E-state index is 1.16. The van der Waals surface area contributed by atoms with Gasteiger partial charge in [-0.1, -0.05) is 26.7 Å². The SMILES string of the molecule is CCCC.CN1CCc2ccsc2C1. The van der Waals surface area contributed by atoms with Crippen LogP contribution in [0.15, 0.2) is 11.4 Å². The van der Waals surface area contributed by atoms with Gasteiger partial charge in [0.1, 0.15) is 0 Å². The van der Waals surface area contributed by atoms with Crippen molar-refractivity contribution in [2.75, 3.05) is 13.6 Å². The van der Waals surface area contributed by atoms with Crippen molar-refractivity contribution in [3.63, 3.8) is 0 Å². The highest BCUT2D eigenvalue weighted by atomic mass is 32.1. The van der Waals surface area contributed by atoms with Gasteiger partial charge >= 0.3 is 0 Å². The lowest BCUT2D eigenvalue weighted by atomic mass is 10.1. The smallest absolute Gasteiger partial charge is 0.0327 e. The van der Waals surface area contributed by atoms with Gasteiger partial charge in [0.25, 0.3) is 0 Å². The first-order valence-electron chi connectivity index (χ1n) is 5.51. The molecule has 2 heterocycles. The van der Waals surface area contributed by atoms with Crippen LogP contribution in [0.25, 0.3) is 0 Å². The average molecular weight is 211 g/mol. The number of rotatable bonds is 1. The molecule has 80 valence electrons. The fourth-order valence-corrected chi connectivity index (χ4v) is 2.38. The van der Waals surface area contributed by atoms with Gasteiger partial charge in [0, 0.05) is 18.0 Å². The van der Waals surface area contributed by atoms with Crippen LogP contribution in [0.2, 0.25) is 0 Å². The Morgan fingerprint density at radius 1 is 1.36 bits per heavy atom. The van der Waals surface area contributed by atoms with Crippen molar-refractivity contribution in [3.05, 3.63) is 21.9 Å². The second kappa shape index (κ2) is 6.20. The molecule has 0 atom stereocenters. The Morgan fingerprint density at radius 3 is 2.71 bits per heavy atom. The molecule has 0 aliphatic carbocycles. The zero-order chi connectivity index (χ0) is 10.4. The Labute approximate surface area is 91.8 Å². The summed E-state index contributed by atoms with van der Waals surface area (Å²) in [6.07, 6.45) is 3.88. The van der Waals surface area contributed by atoms with Crippen LogP contribution in [0, 0.1) is 0 Å². The Morgan fingerprint density at radius 2 is 2.07 bits per heavy atom. The molecule has 0 spiro atoms. The summed E-state index contributed by atoms with van der Waals surface area (Å²) in [4.78, 5) is 3.94. The summed E-state index contributed by atoms with van der Waals surface area (Å²) in [5, 5.41) is 2.20. The zero-order valence-corrected chi connectivity index (χ0v) is 10.4. The van der Waals surface area contributed by atoms with Crippen LogP contribution in [0.1, 0.15) is 37.1 Å². The Bertz CT molecular complexity index is 253. The molecule has 0 N–H and O–H groups in total. The highest BCUT2D eigenvalue weighted by molar-refractivity contribution is 7.10. The third-order valence-corrected chi connectivity index (χ3v) is 3.46. The van der Waals surface area contributed by atoms with Gasteiger partial charge in [-0.25, -0.2) is 0 Å². The number of nitrogens with zero attached hydrogens (tertiary/aromatic N) is 1. The van der Waals surface area contributed by atoms with Crippen LogP contribution in [-0.2, 0) is 13.0 Å². The second-order valence-electron chi connectivity index (χ2n) is 3.86. The van der Waals surface area contributed by atoms with E-state index in [4.69, 9.17) is 0 Å². The topological polar surface area (TPSA) is 3.24 Å². The first-order valence-corrected chi connectivity index (χ1v) is 6.39. The van der Waals surface area contributed by atoms with Gasteiger partial charge in [0.2, 0.25) is 0 Å². The second-order valence-corrected chi connectivity index (χ2v) is 4.86. The van der Waals surface area contributed by atoms with Gasteiger partial charge in [-0.05, 0) is 30.5 Å². The van der Waals surface area contributed by atoms with Crippen molar-refractivity contribution in [1.29, 1.82) is 0 Å². The summed E-state index contributed by atoms with van der Waals surface area (Å²) < 4.78 is 0. The van der Waals surface area contributed by atoms with Crippen molar-refractivity contribution < 1.29 is 0 Å². The number of thiophene rings is 1. The van der Waals surface area contributed by atoms with E-state index in [1.807, 2.05) is 11.3 Å². The third kappa shape index (κ3) is 3.43. The first-order chi connectivity index (χ1) is 6.77. The first kappa shape index (κ1) is 11.7. The van der Waals surface area contributed by atoms with Gasteiger partial charge in [0.05, 0.1) is 0 Å². The molecule has 1 aliphatic rings. The molecule has 1 aliphatic heterocycles. The summed E-state index contributed by atoms with van der Waals surface area (Å²) >= 11 is 1.89. The Hall–Kier alpha value is -0.340. The molecule has 0 bridgehead atoms. The molecule has 0 amide bonds. The summed E-state index contributed by atoms with van der Waals surface area (Å²) in [5.74, 6) is 0. The normalized spacial score (nSPS) is 15.6. The van der Waals surface area contributed by atoms with Crippen LogP contribution in [0.5, 0.6) is 0 Å². The molecule has 0 fully saturated rings. The molecular weight excluding hydrogens is 190 g/mol. The summed E-state index contributed by atoms with van der Waals surface area (Å²) in [6.45, 7) is 6.75. The Kier molecular flexibility index (Phi) is 5.20. The number of hydrogen-bond acceptors (Lipinski definition) is 2. The number of likely N-dealkylation sites (N-methyl/N-ethyl adjacent to an activating group) is 1. The molecule has 2 heteroatoms. The molecule has 0 saturated heterocycles. The summed E-state index contributed by atoms with van der Waals surface area (Å²) in [5.41, 5.74) is 1.57. The predicted octanol–water partition coefficient (Wildman–Crippen LogP) is 3.54. The third-order valence-electron chi connectivity index (χ3n) is 2.51. The average Bonchev–Trinajstić information content (AvgIpc) is 2.65. The van der Waals surface area contributed by atoms with Crippen LogP contribution in [-0.4, -0.2) is 18.5 Å². The summed E-state index contributed by atoms with van der Waals surface area (Å²) in [7, 11) is 2.18. The van der Waals surface area contributed by atoms with Crippen molar-refractivity contribution in [3.8, 4) is 0 Å². The van der Waals surface area contributed by atoms with Crippen molar-refractivity contribution in [1.82, 2.24) is 4.90 Å². The standard InChI is InChI=1S/C8H11NS.C4H10/c1-9-4-2-7-3-5-10-8(7)6-9;1-3-4-2/h3,5H,2,4,6H2,1H3;3-4H2,1-2H3. The summed E-state index contributed by atoms with van der Waals surface area (Å²) in [6, 6.07) is 2.26. The van der Waals surface area contributed by atoms with Gasteiger partial charge in [-0.2, -0.15) is 0 Å².